The summed E-state index contributed by atoms with van der Waals surface area (Å²) < 4.78 is 0. The Hall–Kier alpha value is -0.890. The summed E-state index contributed by atoms with van der Waals surface area (Å²) in [7, 11) is 0. The number of fused-ring (bicyclic) bond motifs is 1. The molecule has 0 spiro atoms. The molecule has 0 aromatic carbocycles. The van der Waals surface area contributed by atoms with Gasteiger partial charge < -0.3 is 5.11 Å². The molecule has 2 nitrogen and oxygen atoms in total. The van der Waals surface area contributed by atoms with Gasteiger partial charge >= 0.3 is 0 Å². The first-order valence-corrected chi connectivity index (χ1v) is 7.37. The van der Waals surface area contributed by atoms with Gasteiger partial charge in [0.05, 0.1) is 5.60 Å². The summed E-state index contributed by atoms with van der Waals surface area (Å²) in [5.41, 5.74) is 1.96. The van der Waals surface area contributed by atoms with E-state index in [0.717, 1.165) is 44.2 Å². The fraction of sp³-hybridized carbons (Fsp3) is 0.688. The van der Waals surface area contributed by atoms with Crippen molar-refractivity contribution < 1.29 is 5.11 Å². The van der Waals surface area contributed by atoms with Gasteiger partial charge in [-0.2, -0.15) is 0 Å². The molecule has 0 radical (unpaired) electrons. The molecule has 1 aromatic rings. The molecule has 1 heterocycles. The lowest BCUT2D eigenvalue weighted by molar-refractivity contribution is -0.0124. The van der Waals surface area contributed by atoms with Crippen molar-refractivity contribution in [1.82, 2.24) is 4.98 Å². The van der Waals surface area contributed by atoms with Crippen LogP contribution in [0.4, 0.5) is 0 Å². The standard InChI is InChI=1S/C16H25NO/c1-3-10-16(18,11-4-2)14-9-5-7-13-8-6-12-17-15(13)14/h6,8,12,14,18H,3-5,7,9-11H2,1-2H3. The topological polar surface area (TPSA) is 33.1 Å². The van der Waals surface area contributed by atoms with Crippen LogP contribution < -0.4 is 0 Å². The minimum atomic E-state index is -0.549. The Morgan fingerprint density at radius 3 is 2.72 bits per heavy atom. The van der Waals surface area contributed by atoms with E-state index in [1.54, 1.807) is 0 Å². The van der Waals surface area contributed by atoms with Gasteiger partial charge in [0.25, 0.3) is 0 Å². The van der Waals surface area contributed by atoms with Crippen LogP contribution in [-0.4, -0.2) is 15.7 Å². The zero-order valence-electron chi connectivity index (χ0n) is 11.7. The average Bonchev–Trinajstić information content (AvgIpc) is 2.38. The van der Waals surface area contributed by atoms with E-state index in [1.807, 2.05) is 12.3 Å². The van der Waals surface area contributed by atoms with Crippen LogP contribution in [0.15, 0.2) is 18.3 Å². The molecule has 0 saturated heterocycles. The second-order valence-electron chi connectivity index (χ2n) is 5.60. The molecule has 0 aliphatic heterocycles. The molecule has 1 aromatic heterocycles. The van der Waals surface area contributed by atoms with Crippen molar-refractivity contribution in [3.05, 3.63) is 29.6 Å². The summed E-state index contributed by atoms with van der Waals surface area (Å²) in [5.74, 6) is 0.238. The Morgan fingerprint density at radius 1 is 1.33 bits per heavy atom. The summed E-state index contributed by atoms with van der Waals surface area (Å²) in [6.45, 7) is 4.31. The van der Waals surface area contributed by atoms with E-state index >= 15 is 0 Å². The summed E-state index contributed by atoms with van der Waals surface area (Å²) in [5, 5.41) is 11.0. The third kappa shape index (κ3) is 2.59. The van der Waals surface area contributed by atoms with Crippen molar-refractivity contribution in [2.75, 3.05) is 0 Å². The summed E-state index contributed by atoms with van der Waals surface area (Å²) in [6.07, 6.45) is 9.11. The molecule has 2 heteroatoms. The highest BCUT2D eigenvalue weighted by Gasteiger charge is 2.39. The minimum absolute atomic E-state index is 0.238. The quantitative estimate of drug-likeness (QED) is 0.857. The van der Waals surface area contributed by atoms with Crippen LogP contribution >= 0.6 is 0 Å². The van der Waals surface area contributed by atoms with Crippen LogP contribution in [0.3, 0.4) is 0 Å². The van der Waals surface area contributed by atoms with E-state index in [2.05, 4.69) is 24.9 Å². The maximum atomic E-state index is 11.0. The number of hydrogen-bond donors (Lipinski definition) is 1. The maximum Gasteiger partial charge on any atom is 0.0731 e. The number of aryl methyl sites for hydroxylation is 1. The Bertz CT molecular complexity index is 382. The van der Waals surface area contributed by atoms with Gasteiger partial charge in [-0.05, 0) is 43.7 Å². The molecule has 2 rings (SSSR count). The molecule has 0 fully saturated rings. The van der Waals surface area contributed by atoms with Crippen LogP contribution in [0.25, 0.3) is 0 Å². The van der Waals surface area contributed by atoms with E-state index in [9.17, 15) is 5.11 Å². The molecule has 0 amide bonds. The molecular formula is C16H25NO. The smallest absolute Gasteiger partial charge is 0.0731 e. The Morgan fingerprint density at radius 2 is 2.06 bits per heavy atom. The maximum absolute atomic E-state index is 11.0. The van der Waals surface area contributed by atoms with E-state index < -0.39 is 5.60 Å². The van der Waals surface area contributed by atoms with Crippen molar-refractivity contribution in [2.24, 2.45) is 0 Å². The minimum Gasteiger partial charge on any atom is -0.389 e. The number of hydrogen-bond acceptors (Lipinski definition) is 2. The predicted octanol–water partition coefficient (Wildman–Crippen LogP) is 3.83. The summed E-state index contributed by atoms with van der Waals surface area (Å²) >= 11 is 0. The second kappa shape index (κ2) is 5.83. The summed E-state index contributed by atoms with van der Waals surface area (Å²) in [6, 6.07) is 4.19. The summed E-state index contributed by atoms with van der Waals surface area (Å²) in [4.78, 5) is 4.57. The first kappa shape index (κ1) is 13.5. The molecule has 1 aliphatic carbocycles. The lowest BCUT2D eigenvalue weighted by atomic mass is 9.72. The number of pyridine rings is 1. The van der Waals surface area contributed by atoms with Crippen molar-refractivity contribution in [1.29, 1.82) is 0 Å². The molecular weight excluding hydrogens is 222 g/mol. The van der Waals surface area contributed by atoms with Crippen LogP contribution in [0.2, 0.25) is 0 Å². The van der Waals surface area contributed by atoms with E-state index in [0.29, 0.717) is 0 Å². The van der Waals surface area contributed by atoms with Crippen LogP contribution in [0.5, 0.6) is 0 Å². The predicted molar refractivity (Wildman–Crippen MR) is 74.7 cm³/mol. The molecule has 1 unspecified atom stereocenters. The van der Waals surface area contributed by atoms with Crippen molar-refractivity contribution in [3.8, 4) is 0 Å². The van der Waals surface area contributed by atoms with Crippen molar-refractivity contribution >= 4 is 0 Å². The zero-order chi connectivity index (χ0) is 13.0. The van der Waals surface area contributed by atoms with E-state index in [1.165, 1.54) is 12.0 Å². The average molecular weight is 247 g/mol. The van der Waals surface area contributed by atoms with E-state index in [4.69, 9.17) is 0 Å². The van der Waals surface area contributed by atoms with Crippen LogP contribution in [-0.2, 0) is 6.42 Å². The number of rotatable bonds is 5. The van der Waals surface area contributed by atoms with Crippen LogP contribution in [0, 0.1) is 0 Å². The van der Waals surface area contributed by atoms with Gasteiger partial charge in [0, 0.05) is 17.8 Å². The molecule has 0 bridgehead atoms. The molecule has 18 heavy (non-hydrogen) atoms. The highest BCUT2D eigenvalue weighted by Crippen LogP contribution is 2.42. The van der Waals surface area contributed by atoms with Gasteiger partial charge in [0.2, 0.25) is 0 Å². The normalized spacial score (nSPS) is 19.6. The highest BCUT2D eigenvalue weighted by molar-refractivity contribution is 5.28. The third-order valence-corrected chi connectivity index (χ3v) is 4.21. The Kier molecular flexibility index (Phi) is 4.39. The first-order valence-electron chi connectivity index (χ1n) is 7.37. The number of nitrogens with zero attached hydrogens (tertiary/aromatic N) is 1. The first-order chi connectivity index (χ1) is 8.71. The Labute approximate surface area is 110 Å². The fourth-order valence-electron chi connectivity index (χ4n) is 3.47. The fourth-order valence-corrected chi connectivity index (χ4v) is 3.47. The molecule has 1 atom stereocenters. The molecule has 1 N–H and O–H groups in total. The second-order valence-corrected chi connectivity index (χ2v) is 5.60. The SMILES string of the molecule is CCCC(O)(CCC)C1CCCc2cccnc21. The van der Waals surface area contributed by atoms with Gasteiger partial charge in [-0.1, -0.05) is 32.8 Å². The number of aliphatic hydroxyl groups is 1. The van der Waals surface area contributed by atoms with Gasteiger partial charge in [-0.15, -0.1) is 0 Å². The van der Waals surface area contributed by atoms with Gasteiger partial charge in [0.1, 0.15) is 0 Å². The number of aromatic nitrogens is 1. The van der Waals surface area contributed by atoms with Crippen LogP contribution in [0.1, 0.15) is 69.5 Å². The van der Waals surface area contributed by atoms with Crippen molar-refractivity contribution in [3.63, 3.8) is 0 Å². The van der Waals surface area contributed by atoms with Crippen molar-refractivity contribution in [2.45, 2.75) is 70.3 Å². The third-order valence-electron chi connectivity index (χ3n) is 4.21. The van der Waals surface area contributed by atoms with Gasteiger partial charge in [-0.3, -0.25) is 4.98 Å². The highest BCUT2D eigenvalue weighted by atomic mass is 16.3. The zero-order valence-corrected chi connectivity index (χ0v) is 11.7. The monoisotopic (exact) mass is 247 g/mol. The molecule has 0 saturated carbocycles. The molecule has 100 valence electrons. The van der Waals surface area contributed by atoms with E-state index in [-0.39, 0.29) is 5.92 Å². The lowest BCUT2D eigenvalue weighted by Crippen LogP contribution is -2.38. The largest absolute Gasteiger partial charge is 0.389 e. The molecule has 1 aliphatic rings. The lowest BCUT2D eigenvalue weighted by Gasteiger charge is -2.39. The van der Waals surface area contributed by atoms with Gasteiger partial charge in [0.15, 0.2) is 0 Å². The Balaban J connectivity index is 2.32. The van der Waals surface area contributed by atoms with Gasteiger partial charge in [-0.25, -0.2) is 0 Å².